The largest absolute Gasteiger partial charge is 0.488 e. The number of para-hydroxylation sites is 1. The fourth-order valence-electron chi connectivity index (χ4n) is 3.46. The van der Waals surface area contributed by atoms with Gasteiger partial charge in [-0.3, -0.25) is 28.8 Å². The molecule has 1 saturated heterocycles. The molecule has 1 aromatic heterocycles. The van der Waals surface area contributed by atoms with Crippen molar-refractivity contribution in [3.05, 3.63) is 63.4 Å². The molecule has 1 aromatic carbocycles. The lowest BCUT2D eigenvalue weighted by Gasteiger charge is -2.22. The average molecular weight is 644 g/mol. The number of nitrogens with zero attached hydrogens (tertiary/aromatic N) is 1. The van der Waals surface area contributed by atoms with Crippen LogP contribution in [0.25, 0.3) is 0 Å². The monoisotopic (exact) mass is 644 g/mol. The summed E-state index contributed by atoms with van der Waals surface area (Å²) >= 11 is 0. The lowest BCUT2D eigenvalue weighted by atomic mass is 10.1. The van der Waals surface area contributed by atoms with E-state index < -0.39 is 77.9 Å². The molecule has 1 aliphatic rings. The number of phosphoric ester groups is 1. The Morgan fingerprint density at radius 3 is 2.39 bits per heavy atom. The molecule has 0 radical (unpaired) electrons. The van der Waals surface area contributed by atoms with Crippen molar-refractivity contribution in [2.24, 2.45) is 5.73 Å². The minimum atomic E-state index is -5.64. The van der Waals surface area contributed by atoms with Gasteiger partial charge in [-0.05, 0) is 25.1 Å². The zero-order valence-electron chi connectivity index (χ0n) is 20.8. The lowest BCUT2D eigenvalue weighted by Crippen LogP contribution is -2.41. The molecule has 0 aliphatic carbocycles. The van der Waals surface area contributed by atoms with Crippen molar-refractivity contribution in [3.8, 4) is 0 Å². The van der Waals surface area contributed by atoms with Crippen LogP contribution in [0.3, 0.4) is 0 Å². The summed E-state index contributed by atoms with van der Waals surface area (Å²) in [5.41, 5.74) is 3.71. The molecule has 3 rings (SSSR count). The minimum Gasteiger partial charge on any atom is -0.438 e. The normalized spacial score (nSPS) is 25.0. The number of phosphoric acid groups is 2. The van der Waals surface area contributed by atoms with E-state index in [2.05, 4.69) is 18.5 Å². The number of anilines is 1. The molecular formula is C19H27N4O15P3. The number of H-pyrrole nitrogens is 1. The van der Waals surface area contributed by atoms with Crippen molar-refractivity contribution in [3.63, 3.8) is 0 Å². The molecule has 2 heterocycles. The fourth-order valence-corrected chi connectivity index (χ4v) is 7.61. The standard InChI is InChI=1S/C19H27N4O15P3/c20-8-4-10-39(28,29)37-41(32,33)38-40(30,31)34-11-13-15(25)16(36-19(27)21-12-5-2-1-3-6-12)17(35-13)23-9-7-14(24)22-18(23)26/h1-3,5-7,9,13,15-17,25H,4,8,10-11,20H2,(H,21,27)(H,28,29)(H,30,31)(H,32,33)(H,22,24,26). The summed E-state index contributed by atoms with van der Waals surface area (Å²) < 4.78 is 60.4. The van der Waals surface area contributed by atoms with E-state index in [1.165, 1.54) is 12.1 Å². The summed E-state index contributed by atoms with van der Waals surface area (Å²) in [6.45, 7) is -1.12. The first-order valence-corrected chi connectivity index (χ1v) is 16.3. The van der Waals surface area contributed by atoms with Gasteiger partial charge in [0.05, 0.1) is 12.8 Å². The molecule has 1 aliphatic heterocycles. The van der Waals surface area contributed by atoms with Crippen LogP contribution in [-0.4, -0.2) is 73.1 Å². The van der Waals surface area contributed by atoms with Crippen molar-refractivity contribution >= 4 is 35.0 Å². The SMILES string of the molecule is NCCCP(=O)(O)OP(=O)(O)OP(=O)(O)OCC1OC(n2ccc(=O)[nH]c2=O)C(OC(=O)Nc2ccccc2)C1O. The number of rotatable bonds is 13. The number of nitrogens with two attached hydrogens (primary N) is 1. The zero-order valence-corrected chi connectivity index (χ0v) is 23.5. The summed E-state index contributed by atoms with van der Waals surface area (Å²) in [7, 11) is -15.9. The molecule has 7 unspecified atom stereocenters. The number of nitrogens with one attached hydrogen (secondary N) is 2. The van der Waals surface area contributed by atoms with Crippen molar-refractivity contribution in [2.75, 3.05) is 24.6 Å². The Kier molecular flexibility index (Phi) is 11.0. The van der Waals surface area contributed by atoms with Gasteiger partial charge in [-0.15, -0.1) is 0 Å². The molecule has 1 amide bonds. The second kappa shape index (κ2) is 13.6. The average Bonchev–Trinajstić information content (AvgIpc) is 3.15. The van der Waals surface area contributed by atoms with Crippen molar-refractivity contribution in [1.82, 2.24) is 9.55 Å². The Hall–Kier alpha value is -2.50. The van der Waals surface area contributed by atoms with Gasteiger partial charge in [0.15, 0.2) is 12.3 Å². The summed E-state index contributed by atoms with van der Waals surface area (Å²) in [6.07, 6.45) is -7.58. The summed E-state index contributed by atoms with van der Waals surface area (Å²) in [5, 5.41) is 13.2. The van der Waals surface area contributed by atoms with Gasteiger partial charge in [0, 0.05) is 18.0 Å². The van der Waals surface area contributed by atoms with E-state index in [1.807, 2.05) is 4.98 Å². The molecule has 0 saturated carbocycles. The molecule has 22 heteroatoms. The number of amides is 1. The zero-order chi connectivity index (χ0) is 30.4. The lowest BCUT2D eigenvalue weighted by molar-refractivity contribution is -0.0551. The van der Waals surface area contributed by atoms with Crippen LogP contribution in [0, 0.1) is 0 Å². The van der Waals surface area contributed by atoms with Gasteiger partial charge in [-0.2, -0.15) is 4.31 Å². The Morgan fingerprint density at radius 2 is 1.76 bits per heavy atom. The highest BCUT2D eigenvalue weighted by atomic mass is 31.3. The van der Waals surface area contributed by atoms with E-state index in [-0.39, 0.29) is 13.0 Å². The summed E-state index contributed by atoms with van der Waals surface area (Å²) in [6, 6.07) is 8.90. The van der Waals surface area contributed by atoms with Gasteiger partial charge in [0.2, 0.25) is 0 Å². The summed E-state index contributed by atoms with van der Waals surface area (Å²) in [4.78, 5) is 67.4. The first kappa shape index (κ1) is 33.0. The molecule has 0 spiro atoms. The Morgan fingerprint density at radius 1 is 1.07 bits per heavy atom. The van der Waals surface area contributed by atoms with E-state index in [0.717, 1.165) is 16.8 Å². The predicted molar refractivity (Wildman–Crippen MR) is 138 cm³/mol. The number of carbonyl (C=O) groups is 1. The predicted octanol–water partition coefficient (Wildman–Crippen LogP) is 0.197. The first-order chi connectivity index (χ1) is 19.1. The Bertz CT molecular complexity index is 1470. The number of carbonyl (C=O) groups excluding carboxylic acids is 1. The van der Waals surface area contributed by atoms with Crippen LogP contribution in [0.15, 0.2) is 52.2 Å². The van der Waals surface area contributed by atoms with Crippen LogP contribution in [-0.2, 0) is 36.3 Å². The van der Waals surface area contributed by atoms with Crippen LogP contribution in [0.1, 0.15) is 12.6 Å². The van der Waals surface area contributed by atoms with Crippen molar-refractivity contribution < 1.29 is 60.9 Å². The molecule has 41 heavy (non-hydrogen) atoms. The number of hydrogen-bond donors (Lipinski definition) is 7. The van der Waals surface area contributed by atoms with E-state index in [4.69, 9.17) is 15.2 Å². The van der Waals surface area contributed by atoms with Crippen LogP contribution in [0.5, 0.6) is 0 Å². The van der Waals surface area contributed by atoms with Gasteiger partial charge < -0.3 is 35.0 Å². The molecule has 8 N–H and O–H groups in total. The van der Waals surface area contributed by atoms with E-state index in [1.54, 1.807) is 18.2 Å². The maximum absolute atomic E-state index is 12.5. The van der Waals surface area contributed by atoms with Crippen LogP contribution >= 0.6 is 23.2 Å². The van der Waals surface area contributed by atoms with Crippen LogP contribution in [0.4, 0.5) is 10.5 Å². The molecule has 0 bridgehead atoms. The second-order valence-electron chi connectivity index (χ2n) is 8.33. The van der Waals surface area contributed by atoms with Crippen molar-refractivity contribution in [2.45, 2.75) is 31.0 Å². The topological polar surface area (TPSA) is 288 Å². The molecule has 228 valence electrons. The van der Waals surface area contributed by atoms with E-state index in [9.17, 15) is 47.9 Å². The molecule has 7 atom stereocenters. The highest BCUT2D eigenvalue weighted by Gasteiger charge is 2.49. The fraction of sp³-hybridized carbons (Fsp3) is 0.421. The maximum Gasteiger partial charge on any atom is 0.488 e. The highest BCUT2D eigenvalue weighted by Crippen LogP contribution is 2.67. The number of ether oxygens (including phenoxy) is 2. The smallest absolute Gasteiger partial charge is 0.438 e. The number of aromatic amines is 1. The molecule has 2 aromatic rings. The summed E-state index contributed by atoms with van der Waals surface area (Å²) in [5.74, 6) is 0. The Balaban J connectivity index is 1.74. The maximum atomic E-state index is 12.5. The van der Waals surface area contributed by atoms with Gasteiger partial charge in [-0.1, -0.05) is 18.2 Å². The minimum absolute atomic E-state index is 0.0549. The van der Waals surface area contributed by atoms with Gasteiger partial charge >= 0.3 is 35.0 Å². The van der Waals surface area contributed by atoms with Crippen molar-refractivity contribution in [1.29, 1.82) is 0 Å². The number of aliphatic hydroxyl groups is 1. The first-order valence-electron chi connectivity index (χ1n) is 11.5. The third kappa shape index (κ3) is 9.78. The van der Waals surface area contributed by atoms with Crippen LogP contribution < -0.4 is 22.3 Å². The van der Waals surface area contributed by atoms with Gasteiger partial charge in [0.1, 0.15) is 12.2 Å². The van der Waals surface area contributed by atoms with E-state index >= 15 is 0 Å². The third-order valence-corrected chi connectivity index (χ3v) is 10.0. The molecule has 1 fully saturated rings. The molecule has 19 nitrogen and oxygen atoms in total. The van der Waals surface area contributed by atoms with Gasteiger partial charge in [-0.25, -0.2) is 23.0 Å². The van der Waals surface area contributed by atoms with Gasteiger partial charge in [0.25, 0.3) is 5.56 Å². The highest BCUT2D eigenvalue weighted by molar-refractivity contribution is 7.68. The van der Waals surface area contributed by atoms with E-state index in [0.29, 0.717) is 5.69 Å². The second-order valence-corrected chi connectivity index (χ2v) is 13.5. The van der Waals surface area contributed by atoms with Crippen LogP contribution in [0.2, 0.25) is 0 Å². The quantitative estimate of drug-likeness (QED) is 0.143. The number of aliphatic hydroxyl groups excluding tert-OH is 1. The Labute approximate surface area is 230 Å². The molecular weight excluding hydrogens is 617 g/mol. The third-order valence-electron chi connectivity index (χ3n) is 5.19. The number of aromatic nitrogens is 2. The number of hydrogen-bond acceptors (Lipinski definition) is 13. The number of benzene rings is 1.